The van der Waals surface area contributed by atoms with Gasteiger partial charge in [-0.3, -0.25) is 9.59 Å². The fraction of sp³-hybridized carbons (Fsp3) is 0.333. The number of nitriles is 1. The van der Waals surface area contributed by atoms with E-state index in [0.717, 1.165) is 35.2 Å². The summed E-state index contributed by atoms with van der Waals surface area (Å²) in [5, 5.41) is 12.2. The van der Waals surface area contributed by atoms with E-state index < -0.39 is 0 Å². The van der Waals surface area contributed by atoms with Crippen molar-refractivity contribution in [3.05, 3.63) is 99.5 Å². The molecule has 0 bridgehead atoms. The molecule has 216 valence electrons. The van der Waals surface area contributed by atoms with Gasteiger partial charge in [-0.05, 0) is 55.9 Å². The molecule has 0 aliphatic rings. The van der Waals surface area contributed by atoms with Gasteiger partial charge in [0, 0.05) is 24.9 Å². The average Bonchev–Trinajstić information content (AvgIpc) is 3.01. The lowest BCUT2D eigenvalue weighted by Gasteiger charge is -2.15. The number of aryl methyl sites for hydroxylation is 2. The number of benzene rings is 2. The smallest absolute Gasteiger partial charge is 0.264 e. The van der Waals surface area contributed by atoms with Crippen molar-refractivity contribution in [2.75, 3.05) is 13.2 Å². The number of carbonyl (C=O) groups is 1. The molecule has 2 heterocycles. The van der Waals surface area contributed by atoms with Gasteiger partial charge in [-0.25, -0.2) is 19.5 Å². The molecule has 0 unspecified atom stereocenters. The van der Waals surface area contributed by atoms with Crippen LogP contribution in [-0.4, -0.2) is 38.6 Å². The van der Waals surface area contributed by atoms with Crippen LogP contribution in [0.5, 0.6) is 5.75 Å². The van der Waals surface area contributed by atoms with E-state index in [1.807, 2.05) is 49.4 Å². The van der Waals surface area contributed by atoms with Crippen LogP contribution in [0.25, 0.3) is 17.1 Å². The Hall–Kier alpha value is -4.84. The van der Waals surface area contributed by atoms with Gasteiger partial charge in [-0.1, -0.05) is 55.8 Å². The van der Waals surface area contributed by atoms with Gasteiger partial charge in [0.1, 0.15) is 5.82 Å². The van der Waals surface area contributed by atoms with E-state index in [-0.39, 0.29) is 17.4 Å². The number of amides is 1. The molecule has 9 nitrogen and oxygen atoms in total. The molecule has 0 spiro atoms. The minimum absolute atomic E-state index is 0.00601. The number of hydrogen-bond donors (Lipinski definition) is 1. The lowest BCUT2D eigenvalue weighted by molar-refractivity contribution is -0.121. The fourth-order valence-corrected chi connectivity index (χ4v) is 4.73. The van der Waals surface area contributed by atoms with Crippen molar-refractivity contribution in [3.63, 3.8) is 0 Å². The van der Waals surface area contributed by atoms with Crippen LogP contribution in [-0.2, 0) is 17.6 Å². The molecule has 1 N–H and O–H groups in total. The van der Waals surface area contributed by atoms with Crippen LogP contribution in [0.15, 0.2) is 65.7 Å². The van der Waals surface area contributed by atoms with Gasteiger partial charge in [0.2, 0.25) is 11.9 Å². The first-order valence-corrected chi connectivity index (χ1v) is 14.4. The van der Waals surface area contributed by atoms with Crippen molar-refractivity contribution in [2.24, 2.45) is 0 Å². The maximum absolute atomic E-state index is 13.9. The van der Waals surface area contributed by atoms with Gasteiger partial charge >= 0.3 is 0 Å². The van der Waals surface area contributed by atoms with Crippen molar-refractivity contribution >= 4 is 5.91 Å². The highest BCUT2D eigenvalue weighted by atomic mass is 16.5. The minimum atomic E-state index is -0.192. The second-order valence-corrected chi connectivity index (χ2v) is 9.98. The summed E-state index contributed by atoms with van der Waals surface area (Å²) < 4.78 is 7.13. The molecule has 0 aliphatic heterocycles. The van der Waals surface area contributed by atoms with Crippen LogP contribution in [0.3, 0.4) is 0 Å². The Labute approximate surface area is 246 Å². The highest BCUT2D eigenvalue weighted by Crippen LogP contribution is 2.24. The molecule has 2 aromatic heterocycles. The summed E-state index contributed by atoms with van der Waals surface area (Å²) in [6, 6.07) is 17.7. The van der Waals surface area contributed by atoms with Crippen molar-refractivity contribution < 1.29 is 9.53 Å². The Morgan fingerprint density at radius 2 is 1.79 bits per heavy atom. The Morgan fingerprint density at radius 1 is 1.05 bits per heavy atom. The number of aromatic nitrogens is 4. The zero-order valence-electron chi connectivity index (χ0n) is 24.4. The molecule has 2 aromatic carbocycles. The number of carbonyl (C=O) groups excluding carboxylic acids is 1. The highest BCUT2D eigenvalue weighted by molar-refractivity contribution is 5.75. The Morgan fingerprint density at radius 3 is 2.48 bits per heavy atom. The molecule has 4 rings (SSSR count). The quantitative estimate of drug-likeness (QED) is 0.224. The standard InChI is InChI=1S/C33H36N6O3/c1-4-6-12-30-29(19-24-14-16-25(17-15-24)28-11-8-7-10-26(28)20-34)32(41)39(23(3)38-30)33-36-21-27(22-37-33)42-18-9-13-31(40)35-5-2/h7-8,10-11,14-17,21-22H,4-6,9,12-13,18-19H2,1-3H3,(H,35,40). The summed E-state index contributed by atoms with van der Waals surface area (Å²) in [5.41, 5.74) is 4.63. The summed E-state index contributed by atoms with van der Waals surface area (Å²) >= 11 is 0. The number of unbranched alkanes of at least 4 members (excludes halogenated alkanes) is 1. The first-order valence-electron chi connectivity index (χ1n) is 14.4. The molecule has 1 amide bonds. The molecule has 0 radical (unpaired) electrons. The maximum atomic E-state index is 13.9. The Kier molecular flexibility index (Phi) is 10.5. The molecule has 0 atom stereocenters. The number of nitrogens with one attached hydrogen (secondary N) is 1. The highest BCUT2D eigenvalue weighted by Gasteiger charge is 2.18. The van der Waals surface area contributed by atoms with Gasteiger partial charge in [0.25, 0.3) is 5.56 Å². The van der Waals surface area contributed by atoms with Crippen LogP contribution in [0, 0.1) is 18.3 Å². The van der Waals surface area contributed by atoms with Crippen LogP contribution in [0.4, 0.5) is 0 Å². The molecule has 0 fully saturated rings. The molecule has 0 aliphatic carbocycles. The summed E-state index contributed by atoms with van der Waals surface area (Å²) in [7, 11) is 0. The summed E-state index contributed by atoms with van der Waals surface area (Å²) in [6.45, 7) is 6.75. The van der Waals surface area contributed by atoms with Crippen molar-refractivity contribution in [3.8, 4) is 28.9 Å². The molecule has 0 saturated heterocycles. The molecule has 42 heavy (non-hydrogen) atoms. The predicted molar refractivity (Wildman–Crippen MR) is 162 cm³/mol. The van der Waals surface area contributed by atoms with Crippen molar-refractivity contribution in [2.45, 2.75) is 59.3 Å². The minimum Gasteiger partial charge on any atom is -0.490 e. The number of ether oxygens (including phenoxy) is 1. The number of nitrogens with zero attached hydrogens (tertiary/aromatic N) is 5. The van der Waals surface area contributed by atoms with Crippen LogP contribution < -0.4 is 15.6 Å². The van der Waals surface area contributed by atoms with Crippen molar-refractivity contribution in [1.29, 1.82) is 5.26 Å². The van der Waals surface area contributed by atoms with Gasteiger partial charge < -0.3 is 10.1 Å². The van der Waals surface area contributed by atoms with Crippen LogP contribution in [0.2, 0.25) is 0 Å². The van der Waals surface area contributed by atoms with E-state index in [2.05, 4.69) is 28.3 Å². The fourth-order valence-electron chi connectivity index (χ4n) is 4.73. The van der Waals surface area contributed by atoms with Gasteiger partial charge in [0.05, 0.1) is 36.3 Å². The van der Waals surface area contributed by atoms with E-state index in [4.69, 9.17) is 9.72 Å². The Balaban J connectivity index is 1.57. The molecule has 9 heteroatoms. The van der Waals surface area contributed by atoms with Crippen LogP contribution in [0.1, 0.15) is 67.7 Å². The summed E-state index contributed by atoms with van der Waals surface area (Å²) in [6.07, 6.45) is 7.06. The van der Waals surface area contributed by atoms with Gasteiger partial charge in [-0.2, -0.15) is 5.26 Å². The zero-order chi connectivity index (χ0) is 29.9. The molecule has 0 saturated carbocycles. The Bertz CT molecular complexity index is 1610. The third kappa shape index (κ3) is 7.46. The van der Waals surface area contributed by atoms with E-state index in [1.165, 1.54) is 17.0 Å². The topological polar surface area (TPSA) is 123 Å². The predicted octanol–water partition coefficient (Wildman–Crippen LogP) is 5.10. The number of rotatable bonds is 13. The van der Waals surface area contributed by atoms with E-state index in [0.29, 0.717) is 61.5 Å². The molecular weight excluding hydrogens is 528 g/mol. The first-order chi connectivity index (χ1) is 20.4. The van der Waals surface area contributed by atoms with Crippen LogP contribution >= 0.6 is 0 Å². The average molecular weight is 565 g/mol. The van der Waals surface area contributed by atoms with Crippen molar-refractivity contribution in [1.82, 2.24) is 24.8 Å². The normalized spacial score (nSPS) is 10.7. The lowest BCUT2D eigenvalue weighted by Crippen LogP contribution is -2.29. The third-order valence-corrected chi connectivity index (χ3v) is 6.90. The second kappa shape index (κ2) is 14.7. The second-order valence-electron chi connectivity index (χ2n) is 9.98. The maximum Gasteiger partial charge on any atom is 0.264 e. The van der Waals surface area contributed by atoms with Gasteiger partial charge in [-0.15, -0.1) is 0 Å². The first kappa shape index (κ1) is 30.1. The van der Waals surface area contributed by atoms with E-state index in [9.17, 15) is 14.9 Å². The summed E-state index contributed by atoms with van der Waals surface area (Å²) in [4.78, 5) is 39.1. The SMILES string of the molecule is CCCCc1nc(C)n(-c2ncc(OCCCC(=O)NCC)cn2)c(=O)c1Cc1ccc(-c2ccccc2C#N)cc1. The van der Waals surface area contributed by atoms with Gasteiger partial charge in [0.15, 0.2) is 5.75 Å². The monoisotopic (exact) mass is 564 g/mol. The molecule has 4 aromatic rings. The largest absolute Gasteiger partial charge is 0.490 e. The molecular formula is C33H36N6O3. The van der Waals surface area contributed by atoms with E-state index >= 15 is 0 Å². The van der Waals surface area contributed by atoms with E-state index in [1.54, 1.807) is 13.0 Å². The zero-order valence-corrected chi connectivity index (χ0v) is 24.4. The number of hydrogen-bond acceptors (Lipinski definition) is 7. The third-order valence-electron chi connectivity index (χ3n) is 6.90. The summed E-state index contributed by atoms with van der Waals surface area (Å²) in [5.74, 6) is 1.21. The lowest BCUT2D eigenvalue weighted by atomic mass is 9.97.